The van der Waals surface area contributed by atoms with Crippen molar-refractivity contribution in [3.8, 4) is 0 Å². The zero-order valence-electron chi connectivity index (χ0n) is 23.9. The summed E-state index contributed by atoms with van der Waals surface area (Å²) in [6.07, 6.45) is 4.48. The van der Waals surface area contributed by atoms with E-state index in [2.05, 4.69) is 20.4 Å². The van der Waals surface area contributed by atoms with Gasteiger partial charge in [0.15, 0.2) is 5.69 Å². The van der Waals surface area contributed by atoms with Gasteiger partial charge in [-0.1, -0.05) is 22.8 Å². The number of benzene rings is 1. The first-order chi connectivity index (χ1) is 19.8. The van der Waals surface area contributed by atoms with Gasteiger partial charge in [0, 0.05) is 37.2 Å². The molecule has 1 aromatic carbocycles. The minimum Gasteiger partial charge on any atom is -0.377 e. The number of hydrogen-bond acceptors (Lipinski definition) is 10. The number of halogens is 1. The molecule has 0 saturated carbocycles. The highest BCUT2D eigenvalue weighted by Gasteiger charge is 2.28. The second-order valence-corrected chi connectivity index (χ2v) is 12.9. The summed E-state index contributed by atoms with van der Waals surface area (Å²) in [5.74, 6) is -0.157. The van der Waals surface area contributed by atoms with E-state index in [1.165, 1.54) is 6.07 Å². The van der Waals surface area contributed by atoms with Crippen LogP contribution in [0.15, 0.2) is 39.8 Å². The molecular formula is C28H32ClN7O5S. The van der Waals surface area contributed by atoms with E-state index in [9.17, 15) is 18.0 Å². The van der Waals surface area contributed by atoms with Crippen LogP contribution in [-0.2, 0) is 17.1 Å². The molecular weight excluding hydrogens is 582 g/mol. The summed E-state index contributed by atoms with van der Waals surface area (Å²) < 4.78 is 32.1. The third kappa shape index (κ3) is 5.97. The van der Waals surface area contributed by atoms with Gasteiger partial charge in [0.05, 0.1) is 34.6 Å². The van der Waals surface area contributed by atoms with E-state index >= 15 is 0 Å². The van der Waals surface area contributed by atoms with Crippen LogP contribution >= 0.6 is 11.6 Å². The fraction of sp³-hybridized carbons (Fsp3) is 0.393. The van der Waals surface area contributed by atoms with Gasteiger partial charge in [-0.15, -0.1) is 0 Å². The van der Waals surface area contributed by atoms with Crippen LogP contribution in [0.2, 0.25) is 5.15 Å². The van der Waals surface area contributed by atoms with Crippen LogP contribution in [-0.4, -0.2) is 53.4 Å². The lowest BCUT2D eigenvalue weighted by Crippen LogP contribution is -2.39. The number of amides is 1. The van der Waals surface area contributed by atoms with Crippen molar-refractivity contribution in [3.63, 3.8) is 0 Å². The lowest BCUT2D eigenvalue weighted by Gasteiger charge is -2.34. The van der Waals surface area contributed by atoms with E-state index in [-0.39, 0.29) is 28.0 Å². The molecule has 2 atom stereocenters. The first kappa shape index (κ1) is 29.5. The first-order valence-electron chi connectivity index (χ1n) is 13.4. The standard InChI is InChI=1S/C28H32ClN7O5S/c1-15-11-19(16(2)30-22-8-9-23(29)31-25(22)26(37)34-42(5,39)40)24-20(12-15)27(38)35(4)28(32-24)36-10-6-7-18(13-36)21-14-41-33-17(21)3/h8-9,11-12,14,16,18,30H,6-7,10,13H2,1-5H3,(H,34,37)/t16-,18+/m1/s1. The molecule has 5 rings (SSSR count). The van der Waals surface area contributed by atoms with Crippen LogP contribution in [0.3, 0.4) is 0 Å². The van der Waals surface area contributed by atoms with Gasteiger partial charge in [0.1, 0.15) is 11.4 Å². The van der Waals surface area contributed by atoms with E-state index < -0.39 is 22.0 Å². The quantitative estimate of drug-likeness (QED) is 0.294. The number of piperidine rings is 1. The summed E-state index contributed by atoms with van der Waals surface area (Å²) in [5.41, 5.74) is 3.98. The topological polar surface area (TPSA) is 152 Å². The van der Waals surface area contributed by atoms with E-state index in [4.69, 9.17) is 21.1 Å². The number of nitrogens with zero attached hydrogens (tertiary/aromatic N) is 5. The largest absolute Gasteiger partial charge is 0.377 e. The number of sulfonamides is 1. The van der Waals surface area contributed by atoms with Crippen molar-refractivity contribution in [3.05, 3.63) is 74.1 Å². The maximum absolute atomic E-state index is 13.7. The third-order valence-corrected chi connectivity index (χ3v) is 8.22. The lowest BCUT2D eigenvalue weighted by molar-refractivity contribution is 0.0977. The Hall–Kier alpha value is -3.97. The summed E-state index contributed by atoms with van der Waals surface area (Å²) in [6.45, 7) is 7.10. The average molecular weight is 614 g/mol. The van der Waals surface area contributed by atoms with Crippen molar-refractivity contribution in [1.29, 1.82) is 0 Å². The Labute approximate surface area is 248 Å². The predicted molar refractivity (Wildman–Crippen MR) is 161 cm³/mol. The number of rotatable bonds is 7. The first-order valence-corrected chi connectivity index (χ1v) is 15.7. The highest BCUT2D eigenvalue weighted by molar-refractivity contribution is 7.89. The van der Waals surface area contributed by atoms with Crippen molar-refractivity contribution < 1.29 is 17.7 Å². The molecule has 0 bridgehead atoms. The highest BCUT2D eigenvalue weighted by atomic mass is 35.5. The molecule has 2 N–H and O–H groups in total. The monoisotopic (exact) mass is 613 g/mol. The summed E-state index contributed by atoms with van der Waals surface area (Å²) in [7, 11) is -2.10. The van der Waals surface area contributed by atoms with Crippen LogP contribution in [0.5, 0.6) is 0 Å². The second kappa shape index (κ2) is 11.4. The van der Waals surface area contributed by atoms with Crippen molar-refractivity contribution in [1.82, 2.24) is 24.4 Å². The molecule has 0 radical (unpaired) electrons. The van der Waals surface area contributed by atoms with E-state index in [0.29, 0.717) is 23.4 Å². The molecule has 0 unspecified atom stereocenters. The van der Waals surface area contributed by atoms with E-state index in [1.807, 2.05) is 37.6 Å². The fourth-order valence-electron chi connectivity index (χ4n) is 5.51. The Kier molecular flexibility index (Phi) is 7.99. The Morgan fingerprint density at radius 2 is 1.98 bits per heavy atom. The van der Waals surface area contributed by atoms with Crippen molar-refractivity contribution in [2.45, 2.75) is 45.6 Å². The molecule has 4 heterocycles. The summed E-state index contributed by atoms with van der Waals surface area (Å²) in [6, 6.07) is 6.35. The SMILES string of the molecule is Cc1cc([C@@H](C)Nc2ccc(Cl)nc2C(=O)NS(C)(=O)=O)c2nc(N3CCC[C@H](c4conc4C)C3)n(C)c(=O)c2c1. The van der Waals surface area contributed by atoms with E-state index in [1.54, 1.807) is 23.9 Å². The second-order valence-electron chi connectivity index (χ2n) is 10.8. The van der Waals surface area contributed by atoms with E-state index in [0.717, 1.165) is 48.0 Å². The number of fused-ring (bicyclic) bond motifs is 1. The van der Waals surface area contributed by atoms with Gasteiger partial charge in [-0.2, -0.15) is 0 Å². The maximum atomic E-state index is 13.7. The normalized spacial score (nSPS) is 16.4. The number of aryl methyl sites for hydroxylation is 2. The van der Waals surface area contributed by atoms with Gasteiger partial charge in [-0.05, 0) is 57.4 Å². The zero-order chi connectivity index (χ0) is 30.3. The molecule has 0 aliphatic carbocycles. The molecule has 12 nitrogen and oxygen atoms in total. The molecule has 3 aromatic heterocycles. The van der Waals surface area contributed by atoms with Crippen molar-refractivity contribution in [2.24, 2.45) is 7.05 Å². The summed E-state index contributed by atoms with van der Waals surface area (Å²) >= 11 is 6.03. The van der Waals surface area contributed by atoms with Gasteiger partial charge in [-0.3, -0.25) is 14.2 Å². The zero-order valence-corrected chi connectivity index (χ0v) is 25.5. The molecule has 1 aliphatic rings. The smallest absolute Gasteiger partial charge is 0.285 e. The minimum atomic E-state index is -3.83. The molecule has 4 aromatic rings. The van der Waals surface area contributed by atoms with Gasteiger partial charge in [0.25, 0.3) is 11.5 Å². The number of aromatic nitrogens is 4. The number of pyridine rings is 1. The van der Waals surface area contributed by atoms with Gasteiger partial charge in [0.2, 0.25) is 16.0 Å². The highest BCUT2D eigenvalue weighted by Crippen LogP contribution is 2.33. The molecule has 1 aliphatic heterocycles. The molecule has 0 spiro atoms. The third-order valence-electron chi connectivity index (χ3n) is 7.45. The Bertz CT molecular complexity index is 1850. The van der Waals surface area contributed by atoms with Crippen LogP contribution in [0, 0.1) is 13.8 Å². The van der Waals surface area contributed by atoms with Crippen LogP contribution in [0.1, 0.15) is 64.6 Å². The Morgan fingerprint density at radius 1 is 1.21 bits per heavy atom. The van der Waals surface area contributed by atoms with Crippen LogP contribution in [0.4, 0.5) is 11.6 Å². The molecule has 14 heteroatoms. The van der Waals surface area contributed by atoms with Crippen LogP contribution in [0.25, 0.3) is 10.9 Å². The number of carbonyl (C=O) groups excluding carboxylic acids is 1. The van der Waals surface area contributed by atoms with Gasteiger partial charge in [-0.25, -0.2) is 23.1 Å². The summed E-state index contributed by atoms with van der Waals surface area (Å²) in [4.78, 5) is 37.6. The van der Waals surface area contributed by atoms with Crippen molar-refractivity contribution >= 4 is 50.1 Å². The van der Waals surface area contributed by atoms with Gasteiger partial charge >= 0.3 is 0 Å². The number of hydrogen-bond donors (Lipinski definition) is 2. The fourth-order valence-corrected chi connectivity index (χ4v) is 6.09. The number of nitrogens with one attached hydrogen (secondary N) is 2. The number of carbonyl (C=O) groups is 1. The van der Waals surface area contributed by atoms with Crippen molar-refractivity contribution in [2.75, 3.05) is 29.6 Å². The number of anilines is 2. The molecule has 1 saturated heterocycles. The lowest BCUT2D eigenvalue weighted by atomic mass is 9.91. The Morgan fingerprint density at radius 3 is 2.67 bits per heavy atom. The van der Waals surface area contributed by atoms with Gasteiger partial charge < -0.3 is 14.7 Å². The Balaban J connectivity index is 1.54. The molecule has 222 valence electrons. The predicted octanol–water partition coefficient (Wildman–Crippen LogP) is 3.83. The average Bonchev–Trinajstić information content (AvgIpc) is 3.36. The minimum absolute atomic E-state index is 0.0314. The molecule has 1 fully saturated rings. The van der Waals surface area contributed by atoms with Crippen LogP contribution < -0.4 is 20.5 Å². The molecule has 42 heavy (non-hydrogen) atoms. The molecule has 1 amide bonds. The maximum Gasteiger partial charge on any atom is 0.285 e. The summed E-state index contributed by atoms with van der Waals surface area (Å²) in [5, 5.41) is 7.79.